The Balaban J connectivity index is 4.27. The van der Waals surface area contributed by atoms with Crippen molar-refractivity contribution >= 4 is 17.9 Å². The quantitative estimate of drug-likeness (QED) is 0.0261. The van der Waals surface area contributed by atoms with E-state index in [9.17, 15) is 14.4 Å². The number of carbonyl (C=O) groups excluding carboxylic acids is 3. The van der Waals surface area contributed by atoms with Crippen LogP contribution >= 0.6 is 0 Å². The highest BCUT2D eigenvalue weighted by Gasteiger charge is 2.19. The van der Waals surface area contributed by atoms with Gasteiger partial charge in [-0.1, -0.05) is 253 Å². The number of esters is 3. The van der Waals surface area contributed by atoms with Crippen molar-refractivity contribution in [1.82, 2.24) is 0 Å². The molecule has 0 aliphatic carbocycles. The Labute approximate surface area is 438 Å². The lowest BCUT2D eigenvalue weighted by molar-refractivity contribution is -0.166. The Kier molecular flexibility index (Phi) is 55.9. The first kappa shape index (κ1) is 67.3. The highest BCUT2D eigenvalue weighted by atomic mass is 16.6. The molecule has 0 saturated carbocycles. The predicted octanol–water partition coefficient (Wildman–Crippen LogP) is 20.1. The van der Waals surface area contributed by atoms with Crippen LogP contribution in [-0.4, -0.2) is 37.2 Å². The van der Waals surface area contributed by atoms with E-state index in [1.807, 2.05) is 12.2 Å². The number of rotatable bonds is 53. The maximum absolute atomic E-state index is 12.8. The summed E-state index contributed by atoms with van der Waals surface area (Å²) in [5, 5.41) is 0. The van der Waals surface area contributed by atoms with E-state index in [0.717, 1.165) is 103 Å². The maximum atomic E-state index is 12.8. The van der Waals surface area contributed by atoms with E-state index in [-0.39, 0.29) is 31.6 Å². The Bertz CT molecular complexity index is 1410. The zero-order valence-corrected chi connectivity index (χ0v) is 46.5. The van der Waals surface area contributed by atoms with Crippen LogP contribution in [0.15, 0.2) is 97.2 Å². The van der Waals surface area contributed by atoms with Gasteiger partial charge in [0.05, 0.1) is 0 Å². The van der Waals surface area contributed by atoms with Gasteiger partial charge in [0.2, 0.25) is 0 Å². The molecule has 71 heavy (non-hydrogen) atoms. The number of unbranched alkanes of at least 4 members (excludes halogenated alkanes) is 26. The smallest absolute Gasteiger partial charge is 0.306 e. The van der Waals surface area contributed by atoms with Crippen LogP contribution in [0.3, 0.4) is 0 Å². The van der Waals surface area contributed by atoms with E-state index in [1.54, 1.807) is 0 Å². The van der Waals surface area contributed by atoms with Crippen LogP contribution in [0.25, 0.3) is 0 Å². The highest BCUT2D eigenvalue weighted by molar-refractivity contribution is 5.71. The summed E-state index contributed by atoms with van der Waals surface area (Å²) < 4.78 is 16.8. The van der Waals surface area contributed by atoms with Crippen molar-refractivity contribution in [3.05, 3.63) is 97.2 Å². The molecule has 0 rings (SSSR count). The average molecular weight is 988 g/mol. The van der Waals surface area contributed by atoms with Gasteiger partial charge in [0, 0.05) is 19.3 Å². The van der Waals surface area contributed by atoms with Gasteiger partial charge < -0.3 is 14.2 Å². The van der Waals surface area contributed by atoms with Gasteiger partial charge in [0.1, 0.15) is 13.2 Å². The Morgan fingerprint density at radius 3 is 0.972 bits per heavy atom. The molecule has 0 aliphatic heterocycles. The number of carbonyl (C=O) groups is 3. The van der Waals surface area contributed by atoms with Crippen LogP contribution in [0.5, 0.6) is 0 Å². The molecule has 0 N–H and O–H groups in total. The largest absolute Gasteiger partial charge is 0.462 e. The monoisotopic (exact) mass is 987 g/mol. The zero-order valence-electron chi connectivity index (χ0n) is 46.5. The predicted molar refractivity (Wildman–Crippen MR) is 307 cm³/mol. The summed E-state index contributed by atoms with van der Waals surface area (Å²) in [7, 11) is 0. The maximum Gasteiger partial charge on any atom is 0.306 e. The molecule has 1 unspecified atom stereocenters. The summed E-state index contributed by atoms with van der Waals surface area (Å²) in [6.07, 6.45) is 78.6. The summed E-state index contributed by atoms with van der Waals surface area (Å²) in [5.41, 5.74) is 0. The molecule has 0 saturated heterocycles. The van der Waals surface area contributed by atoms with Gasteiger partial charge in [-0.2, -0.15) is 0 Å². The number of allylic oxidation sites excluding steroid dienone is 16. The average Bonchev–Trinajstić information content (AvgIpc) is 3.37. The fourth-order valence-electron chi connectivity index (χ4n) is 8.11. The van der Waals surface area contributed by atoms with Crippen LogP contribution in [0, 0.1) is 0 Å². The van der Waals surface area contributed by atoms with Crippen LogP contribution in [0.1, 0.15) is 278 Å². The van der Waals surface area contributed by atoms with Crippen molar-refractivity contribution in [2.45, 2.75) is 284 Å². The lowest BCUT2D eigenvalue weighted by atomic mass is 10.0. The van der Waals surface area contributed by atoms with Crippen LogP contribution < -0.4 is 0 Å². The summed E-state index contributed by atoms with van der Waals surface area (Å²) in [6, 6.07) is 0. The van der Waals surface area contributed by atoms with Gasteiger partial charge in [-0.05, 0) is 103 Å². The van der Waals surface area contributed by atoms with E-state index in [1.165, 1.54) is 128 Å². The second kappa shape index (κ2) is 58.9. The molecule has 0 spiro atoms. The minimum Gasteiger partial charge on any atom is -0.462 e. The summed E-state index contributed by atoms with van der Waals surface area (Å²) >= 11 is 0. The van der Waals surface area contributed by atoms with Crippen LogP contribution in [0.4, 0.5) is 0 Å². The van der Waals surface area contributed by atoms with Crippen molar-refractivity contribution in [1.29, 1.82) is 0 Å². The van der Waals surface area contributed by atoms with E-state index >= 15 is 0 Å². The third-order valence-electron chi connectivity index (χ3n) is 12.5. The summed E-state index contributed by atoms with van der Waals surface area (Å²) in [5.74, 6) is -1.00. The zero-order chi connectivity index (χ0) is 51.4. The molecule has 0 amide bonds. The molecule has 6 nitrogen and oxygen atoms in total. The molecule has 0 aromatic heterocycles. The van der Waals surface area contributed by atoms with E-state index in [0.29, 0.717) is 19.3 Å². The molecular weight excluding hydrogens is 877 g/mol. The highest BCUT2D eigenvalue weighted by Crippen LogP contribution is 2.16. The summed E-state index contributed by atoms with van der Waals surface area (Å²) in [4.78, 5) is 38.1. The van der Waals surface area contributed by atoms with E-state index in [4.69, 9.17) is 14.2 Å². The molecule has 0 aromatic rings. The van der Waals surface area contributed by atoms with Gasteiger partial charge in [-0.25, -0.2) is 0 Å². The second-order valence-corrected chi connectivity index (χ2v) is 19.5. The third-order valence-corrected chi connectivity index (χ3v) is 12.5. The molecule has 0 fully saturated rings. The molecule has 6 heteroatoms. The van der Waals surface area contributed by atoms with Crippen LogP contribution in [0.2, 0.25) is 0 Å². The first-order valence-corrected chi connectivity index (χ1v) is 29.7. The topological polar surface area (TPSA) is 78.9 Å². The Morgan fingerprint density at radius 1 is 0.296 bits per heavy atom. The van der Waals surface area contributed by atoms with E-state index in [2.05, 4.69) is 106 Å². The Hall–Kier alpha value is -3.67. The van der Waals surface area contributed by atoms with Crippen molar-refractivity contribution in [3.63, 3.8) is 0 Å². The minimum absolute atomic E-state index is 0.110. The summed E-state index contributed by atoms with van der Waals surface area (Å²) in [6.45, 7) is 6.38. The van der Waals surface area contributed by atoms with Crippen molar-refractivity contribution in [2.24, 2.45) is 0 Å². The van der Waals surface area contributed by atoms with Gasteiger partial charge in [0.15, 0.2) is 6.10 Å². The molecule has 1 atom stereocenters. The lowest BCUT2D eigenvalue weighted by Crippen LogP contribution is -2.30. The molecular formula is C65H110O6. The number of ether oxygens (including phenoxy) is 3. The lowest BCUT2D eigenvalue weighted by Gasteiger charge is -2.18. The molecule has 0 aliphatic rings. The molecule has 0 heterocycles. The van der Waals surface area contributed by atoms with Crippen molar-refractivity contribution in [2.75, 3.05) is 13.2 Å². The van der Waals surface area contributed by atoms with Gasteiger partial charge in [0.25, 0.3) is 0 Å². The third kappa shape index (κ3) is 57.1. The molecule has 0 aromatic carbocycles. The normalized spacial score (nSPS) is 12.8. The van der Waals surface area contributed by atoms with Gasteiger partial charge in [-0.3, -0.25) is 14.4 Å². The van der Waals surface area contributed by atoms with Gasteiger partial charge in [-0.15, -0.1) is 0 Å². The second-order valence-electron chi connectivity index (χ2n) is 19.5. The fraction of sp³-hybridized carbons (Fsp3) is 0.708. The van der Waals surface area contributed by atoms with Crippen LogP contribution in [-0.2, 0) is 28.6 Å². The van der Waals surface area contributed by atoms with E-state index < -0.39 is 12.1 Å². The number of hydrogen-bond acceptors (Lipinski definition) is 6. The van der Waals surface area contributed by atoms with Crippen molar-refractivity contribution in [3.8, 4) is 0 Å². The molecule has 0 bridgehead atoms. The molecule has 0 radical (unpaired) electrons. The standard InChI is InChI=1S/C65H110O6/c1-4-7-10-13-16-19-22-25-26-27-28-29-30-31-32-33-34-35-36-37-38-41-43-46-49-52-55-58-64(67)70-61-62(71-65(68)59-56-53-50-47-44-40-24-21-18-15-12-9-6-3)60-69-63(66)57-54-51-48-45-42-39-23-20-17-14-11-8-5-2/h9,11-12,14,18,20-23,25,27-28,40,44,50,53,62H,4-8,10,13,15-17,19,24,26,29-39,41-43,45-49,51-52,54-61H2,1-3H3/b12-9-,14-11-,21-18-,23-20-,25-22-,28-27-,44-40-,53-50-. The van der Waals surface area contributed by atoms with Crippen molar-refractivity contribution < 1.29 is 28.6 Å². The number of hydrogen-bond donors (Lipinski definition) is 0. The molecule has 406 valence electrons. The fourth-order valence-corrected chi connectivity index (χ4v) is 8.11. The first-order valence-electron chi connectivity index (χ1n) is 29.7. The van der Waals surface area contributed by atoms with Gasteiger partial charge >= 0.3 is 17.9 Å². The minimum atomic E-state index is -0.821. The first-order chi connectivity index (χ1) is 35.0. The SMILES string of the molecule is CC/C=C\C/C=C\C/C=C\C/C=C\CCC(=O)OC(COC(=O)CCCCCCC/C=C\C/C=C\CCC)COC(=O)CCCCCCCCCCCCCCCCC/C=C\C/C=C\CCCCCCC. The Morgan fingerprint density at radius 2 is 0.606 bits per heavy atom.